The summed E-state index contributed by atoms with van der Waals surface area (Å²) in [5.41, 5.74) is 1.23. The number of aromatic nitrogens is 2. The molecule has 0 aliphatic carbocycles. The van der Waals surface area contributed by atoms with E-state index in [2.05, 4.69) is 41.8 Å². The maximum absolute atomic E-state index is 4.38. The molecule has 1 aromatic heterocycles. The summed E-state index contributed by atoms with van der Waals surface area (Å²) in [6.45, 7) is 8.38. The predicted molar refractivity (Wildman–Crippen MR) is 72.8 cm³/mol. The Labute approximate surface area is 99.3 Å². The van der Waals surface area contributed by atoms with Crippen LogP contribution in [0.2, 0.25) is 0 Å². The smallest absolute Gasteiger partial charge is 0.0685 e. The first-order chi connectivity index (χ1) is 7.33. The number of para-hydroxylation sites is 1. The van der Waals surface area contributed by atoms with Crippen LogP contribution >= 0.6 is 0 Å². The van der Waals surface area contributed by atoms with E-state index < -0.39 is 0 Å². The van der Waals surface area contributed by atoms with Crippen molar-refractivity contribution in [3.63, 3.8) is 0 Å². The Morgan fingerprint density at radius 3 is 2.50 bits per heavy atom. The van der Waals surface area contributed by atoms with Crippen molar-refractivity contribution in [2.75, 3.05) is 0 Å². The quantitative estimate of drug-likeness (QED) is 0.719. The predicted octanol–water partition coefficient (Wildman–Crippen LogP) is 4.67. The highest BCUT2D eigenvalue weighted by atomic mass is 15.3. The van der Waals surface area contributed by atoms with Crippen LogP contribution in [0, 0.1) is 0 Å². The summed E-state index contributed by atoms with van der Waals surface area (Å²) >= 11 is 0. The number of nitrogens with zero attached hydrogens (tertiary/aromatic N) is 2. The molecule has 0 saturated heterocycles. The van der Waals surface area contributed by atoms with Crippen LogP contribution in [0.1, 0.15) is 47.6 Å². The lowest BCUT2D eigenvalue weighted by Crippen LogP contribution is -2.04. The van der Waals surface area contributed by atoms with E-state index in [1.807, 2.05) is 26.1 Å². The van der Waals surface area contributed by atoms with Gasteiger partial charge in [0.05, 0.1) is 11.7 Å². The van der Waals surface area contributed by atoms with Crippen LogP contribution in [0.3, 0.4) is 0 Å². The zero-order chi connectivity index (χ0) is 11.3. The SMILES string of the molecule is C.CC.CCC(C)n1ncc2ccccc21. The van der Waals surface area contributed by atoms with E-state index in [4.69, 9.17) is 0 Å². The summed E-state index contributed by atoms with van der Waals surface area (Å²) in [5.74, 6) is 0. The fourth-order valence-corrected chi connectivity index (χ4v) is 1.52. The Morgan fingerprint density at radius 1 is 1.25 bits per heavy atom. The Balaban J connectivity index is 0.000000711. The van der Waals surface area contributed by atoms with Crippen LogP contribution in [-0.2, 0) is 0 Å². The molecule has 0 amide bonds. The maximum Gasteiger partial charge on any atom is 0.0685 e. The topological polar surface area (TPSA) is 17.8 Å². The lowest BCUT2D eigenvalue weighted by molar-refractivity contribution is 0.493. The van der Waals surface area contributed by atoms with Crippen molar-refractivity contribution in [1.29, 1.82) is 0 Å². The van der Waals surface area contributed by atoms with Gasteiger partial charge in [0.1, 0.15) is 0 Å². The molecule has 2 rings (SSSR count). The molecule has 16 heavy (non-hydrogen) atoms. The molecule has 0 N–H and O–H groups in total. The number of hydrogen-bond donors (Lipinski definition) is 0. The maximum atomic E-state index is 4.38. The normalized spacial score (nSPS) is 11.2. The number of hydrogen-bond acceptors (Lipinski definition) is 1. The minimum atomic E-state index is 0. The molecule has 2 nitrogen and oxygen atoms in total. The summed E-state index contributed by atoms with van der Waals surface area (Å²) in [4.78, 5) is 0. The second-order valence-corrected chi connectivity index (χ2v) is 3.41. The third-order valence-electron chi connectivity index (χ3n) is 2.51. The molecule has 1 unspecified atom stereocenters. The molecule has 2 aromatic rings. The zero-order valence-electron chi connectivity index (χ0n) is 10.1. The largest absolute Gasteiger partial charge is 0.262 e. The molecule has 2 heteroatoms. The molecule has 1 aromatic carbocycles. The van der Waals surface area contributed by atoms with E-state index in [-0.39, 0.29) is 7.43 Å². The van der Waals surface area contributed by atoms with Crippen LogP contribution in [0.5, 0.6) is 0 Å². The average Bonchev–Trinajstić information content (AvgIpc) is 2.74. The first kappa shape index (κ1) is 14.7. The van der Waals surface area contributed by atoms with E-state index >= 15 is 0 Å². The van der Waals surface area contributed by atoms with E-state index in [9.17, 15) is 0 Å². The molecule has 0 saturated carbocycles. The van der Waals surface area contributed by atoms with Gasteiger partial charge in [-0.1, -0.05) is 46.4 Å². The molecule has 0 fully saturated rings. The van der Waals surface area contributed by atoms with Crippen molar-refractivity contribution >= 4 is 10.9 Å². The van der Waals surface area contributed by atoms with Gasteiger partial charge in [0, 0.05) is 11.4 Å². The van der Waals surface area contributed by atoms with Gasteiger partial charge in [-0.2, -0.15) is 5.10 Å². The van der Waals surface area contributed by atoms with Crippen LogP contribution in [-0.4, -0.2) is 9.78 Å². The lowest BCUT2D eigenvalue weighted by atomic mass is 10.2. The van der Waals surface area contributed by atoms with Gasteiger partial charge in [0.15, 0.2) is 0 Å². The summed E-state index contributed by atoms with van der Waals surface area (Å²) in [6.07, 6.45) is 3.05. The van der Waals surface area contributed by atoms with Gasteiger partial charge in [-0.15, -0.1) is 0 Å². The monoisotopic (exact) mass is 220 g/mol. The Kier molecular flexibility index (Phi) is 6.47. The Hall–Kier alpha value is -1.31. The second-order valence-electron chi connectivity index (χ2n) is 3.41. The van der Waals surface area contributed by atoms with Gasteiger partial charge in [0.2, 0.25) is 0 Å². The molecule has 0 aliphatic heterocycles. The summed E-state index contributed by atoms with van der Waals surface area (Å²) in [6, 6.07) is 8.81. The van der Waals surface area contributed by atoms with Crippen LogP contribution in [0.4, 0.5) is 0 Å². The van der Waals surface area contributed by atoms with E-state index in [1.165, 1.54) is 10.9 Å². The second kappa shape index (κ2) is 7.04. The van der Waals surface area contributed by atoms with Gasteiger partial charge >= 0.3 is 0 Å². The van der Waals surface area contributed by atoms with Gasteiger partial charge < -0.3 is 0 Å². The molecular formula is C14H24N2. The van der Waals surface area contributed by atoms with Crippen LogP contribution in [0.15, 0.2) is 30.5 Å². The first-order valence-electron chi connectivity index (χ1n) is 5.75. The van der Waals surface area contributed by atoms with Crippen molar-refractivity contribution in [1.82, 2.24) is 9.78 Å². The van der Waals surface area contributed by atoms with Crippen LogP contribution < -0.4 is 0 Å². The highest BCUT2D eigenvalue weighted by Crippen LogP contribution is 2.18. The first-order valence-corrected chi connectivity index (χ1v) is 5.75. The highest BCUT2D eigenvalue weighted by molar-refractivity contribution is 5.78. The Bertz CT molecular complexity index is 404. The third-order valence-corrected chi connectivity index (χ3v) is 2.51. The molecule has 1 heterocycles. The summed E-state index contributed by atoms with van der Waals surface area (Å²) < 4.78 is 2.09. The van der Waals surface area contributed by atoms with Crippen LogP contribution in [0.25, 0.3) is 10.9 Å². The average molecular weight is 220 g/mol. The van der Waals surface area contributed by atoms with E-state index in [0.29, 0.717) is 6.04 Å². The van der Waals surface area contributed by atoms with Crippen molar-refractivity contribution in [3.05, 3.63) is 30.5 Å². The standard InChI is InChI=1S/C11H14N2.C2H6.CH4/c1-3-9(2)13-11-7-5-4-6-10(11)8-12-13;1-2;/h4-9H,3H2,1-2H3;1-2H3;1H4. The molecule has 0 aliphatic rings. The number of fused-ring (bicyclic) bond motifs is 1. The van der Waals surface area contributed by atoms with Gasteiger partial charge in [0.25, 0.3) is 0 Å². The fraction of sp³-hybridized carbons (Fsp3) is 0.500. The summed E-state index contributed by atoms with van der Waals surface area (Å²) in [7, 11) is 0. The van der Waals surface area contributed by atoms with Crippen molar-refractivity contribution in [3.8, 4) is 0 Å². The molecule has 0 spiro atoms. The van der Waals surface area contributed by atoms with E-state index in [0.717, 1.165) is 6.42 Å². The third kappa shape index (κ3) is 2.84. The number of rotatable bonds is 2. The number of benzene rings is 1. The van der Waals surface area contributed by atoms with Crippen molar-refractivity contribution in [2.24, 2.45) is 0 Å². The summed E-state index contributed by atoms with van der Waals surface area (Å²) in [5, 5.41) is 5.61. The Morgan fingerprint density at radius 2 is 1.88 bits per heavy atom. The van der Waals surface area contributed by atoms with Gasteiger partial charge in [-0.05, 0) is 19.4 Å². The molecule has 90 valence electrons. The van der Waals surface area contributed by atoms with Gasteiger partial charge in [-0.3, -0.25) is 4.68 Å². The molecule has 0 radical (unpaired) electrons. The van der Waals surface area contributed by atoms with Gasteiger partial charge in [-0.25, -0.2) is 0 Å². The minimum absolute atomic E-state index is 0. The highest BCUT2D eigenvalue weighted by Gasteiger charge is 2.06. The van der Waals surface area contributed by atoms with Crippen molar-refractivity contribution < 1.29 is 0 Å². The molecule has 1 atom stereocenters. The lowest BCUT2D eigenvalue weighted by Gasteiger charge is -2.09. The van der Waals surface area contributed by atoms with E-state index in [1.54, 1.807) is 0 Å². The zero-order valence-corrected chi connectivity index (χ0v) is 10.1. The minimum Gasteiger partial charge on any atom is -0.262 e. The fourth-order valence-electron chi connectivity index (χ4n) is 1.52. The molecular weight excluding hydrogens is 196 g/mol. The van der Waals surface area contributed by atoms with Crippen molar-refractivity contribution in [2.45, 2.75) is 47.6 Å². The molecule has 0 bridgehead atoms.